The number of nitrogens with two attached hydrogens (primary N) is 1. The maximum absolute atomic E-state index is 12.3. The molecule has 3 N–H and O–H groups in total. The third-order valence-corrected chi connectivity index (χ3v) is 2.88. The van der Waals surface area contributed by atoms with Crippen LogP contribution in [0.5, 0.6) is 0 Å². The van der Waals surface area contributed by atoms with Crippen molar-refractivity contribution < 1.29 is 18.3 Å². The third kappa shape index (κ3) is 2.96. The van der Waals surface area contributed by atoms with E-state index in [2.05, 4.69) is 15.9 Å². The van der Waals surface area contributed by atoms with E-state index in [1.54, 1.807) is 19.1 Å². The molecule has 0 radical (unpaired) electrons. The lowest BCUT2D eigenvalue weighted by Gasteiger charge is -2.22. The van der Waals surface area contributed by atoms with E-state index in [0.717, 1.165) is 5.56 Å². The van der Waals surface area contributed by atoms with Crippen LogP contribution in [0.1, 0.15) is 17.2 Å². The van der Waals surface area contributed by atoms with Gasteiger partial charge in [0.25, 0.3) is 0 Å². The highest BCUT2D eigenvalue weighted by molar-refractivity contribution is 9.10. The number of aryl methyl sites for hydroxylation is 1. The molecular weight excluding hydrogens is 287 g/mol. The van der Waals surface area contributed by atoms with Crippen LogP contribution in [0.25, 0.3) is 0 Å². The summed E-state index contributed by atoms with van der Waals surface area (Å²) >= 11 is 3.12. The van der Waals surface area contributed by atoms with E-state index in [4.69, 9.17) is 10.8 Å². The summed E-state index contributed by atoms with van der Waals surface area (Å²) in [5.74, 6) is 0. The van der Waals surface area contributed by atoms with E-state index in [1.165, 1.54) is 6.07 Å². The second-order valence-electron chi connectivity index (χ2n) is 3.54. The highest BCUT2D eigenvalue weighted by Gasteiger charge is 2.43. The summed E-state index contributed by atoms with van der Waals surface area (Å²) in [4.78, 5) is 0. The Morgan fingerprint density at radius 3 is 2.38 bits per heavy atom. The number of aliphatic hydroxyl groups is 1. The van der Waals surface area contributed by atoms with Crippen molar-refractivity contribution in [2.24, 2.45) is 5.73 Å². The van der Waals surface area contributed by atoms with Crippen LogP contribution in [-0.2, 0) is 0 Å². The summed E-state index contributed by atoms with van der Waals surface area (Å²) in [6.45, 7) is 1.81. The minimum atomic E-state index is -4.72. The molecule has 0 saturated heterocycles. The van der Waals surface area contributed by atoms with Crippen LogP contribution in [0.2, 0.25) is 0 Å². The van der Waals surface area contributed by atoms with Crippen molar-refractivity contribution in [2.45, 2.75) is 25.2 Å². The fourth-order valence-electron chi connectivity index (χ4n) is 1.28. The van der Waals surface area contributed by atoms with Crippen molar-refractivity contribution >= 4 is 15.9 Å². The standard InChI is InChI=1S/C10H11BrF3NO/c1-5-2-3-6(7(11)4-5)8(15)9(16)10(12,13)14/h2-4,8-9,16H,15H2,1H3/t8-,9-/m1/s1. The third-order valence-electron chi connectivity index (χ3n) is 2.19. The number of alkyl halides is 3. The number of aliphatic hydroxyl groups excluding tert-OH is 1. The van der Waals surface area contributed by atoms with Crippen molar-refractivity contribution in [2.75, 3.05) is 0 Å². The molecule has 6 heteroatoms. The molecule has 0 bridgehead atoms. The van der Waals surface area contributed by atoms with Crippen LogP contribution in [0.15, 0.2) is 22.7 Å². The Kier molecular flexibility index (Phi) is 3.98. The maximum Gasteiger partial charge on any atom is 0.416 e. The first kappa shape index (κ1) is 13.5. The molecule has 1 aromatic rings. The van der Waals surface area contributed by atoms with E-state index >= 15 is 0 Å². The molecule has 2 nitrogen and oxygen atoms in total. The normalized spacial score (nSPS) is 15.9. The number of halogens is 4. The molecule has 2 atom stereocenters. The minimum Gasteiger partial charge on any atom is -0.382 e. The van der Waals surface area contributed by atoms with Gasteiger partial charge in [0, 0.05) is 4.47 Å². The van der Waals surface area contributed by atoms with Gasteiger partial charge >= 0.3 is 6.18 Å². The summed E-state index contributed by atoms with van der Waals surface area (Å²) < 4.78 is 37.2. The van der Waals surface area contributed by atoms with Crippen molar-refractivity contribution in [3.8, 4) is 0 Å². The van der Waals surface area contributed by atoms with Gasteiger partial charge in [0.05, 0.1) is 6.04 Å². The van der Waals surface area contributed by atoms with Crippen molar-refractivity contribution in [3.05, 3.63) is 33.8 Å². The second-order valence-corrected chi connectivity index (χ2v) is 4.39. The molecule has 0 aliphatic rings. The average Bonchev–Trinajstić information content (AvgIpc) is 2.14. The van der Waals surface area contributed by atoms with Gasteiger partial charge in [-0.3, -0.25) is 0 Å². The maximum atomic E-state index is 12.3. The molecule has 0 aromatic heterocycles. The molecule has 0 spiro atoms. The molecule has 0 unspecified atom stereocenters. The van der Waals surface area contributed by atoms with E-state index in [1.807, 2.05) is 0 Å². The first-order chi connectivity index (χ1) is 7.23. The van der Waals surface area contributed by atoms with Gasteiger partial charge in [-0.25, -0.2) is 0 Å². The molecule has 1 rings (SSSR count). The first-order valence-electron chi connectivity index (χ1n) is 4.50. The number of hydrogen-bond acceptors (Lipinski definition) is 2. The van der Waals surface area contributed by atoms with Crippen molar-refractivity contribution in [1.29, 1.82) is 0 Å². The van der Waals surface area contributed by atoms with Crippen LogP contribution in [0.3, 0.4) is 0 Å². The van der Waals surface area contributed by atoms with Gasteiger partial charge in [0.1, 0.15) is 0 Å². The molecule has 0 aliphatic heterocycles. The lowest BCUT2D eigenvalue weighted by molar-refractivity contribution is -0.210. The van der Waals surface area contributed by atoms with Gasteiger partial charge in [-0.1, -0.05) is 28.1 Å². The van der Waals surface area contributed by atoms with Crippen LogP contribution in [-0.4, -0.2) is 17.4 Å². The monoisotopic (exact) mass is 297 g/mol. The Bertz CT molecular complexity index is 381. The second kappa shape index (κ2) is 4.73. The van der Waals surface area contributed by atoms with Crippen molar-refractivity contribution in [1.82, 2.24) is 0 Å². The molecule has 1 aromatic carbocycles. The molecule has 90 valence electrons. The number of hydrogen-bond donors (Lipinski definition) is 2. The van der Waals surface area contributed by atoms with Gasteiger partial charge in [0.2, 0.25) is 0 Å². The van der Waals surface area contributed by atoms with Crippen LogP contribution in [0, 0.1) is 6.92 Å². The zero-order valence-electron chi connectivity index (χ0n) is 8.42. The lowest BCUT2D eigenvalue weighted by atomic mass is 10.0. The SMILES string of the molecule is Cc1ccc([C@@H](N)[C@@H](O)C(F)(F)F)c(Br)c1. The zero-order chi connectivity index (χ0) is 12.5. The quantitative estimate of drug-likeness (QED) is 0.882. The lowest BCUT2D eigenvalue weighted by Crippen LogP contribution is -2.39. The average molecular weight is 298 g/mol. The Morgan fingerprint density at radius 1 is 1.38 bits per heavy atom. The number of benzene rings is 1. The van der Waals surface area contributed by atoms with E-state index in [-0.39, 0.29) is 5.56 Å². The smallest absolute Gasteiger partial charge is 0.382 e. The first-order valence-corrected chi connectivity index (χ1v) is 5.29. The van der Waals surface area contributed by atoms with Gasteiger partial charge in [0.15, 0.2) is 6.10 Å². The Morgan fingerprint density at radius 2 is 1.94 bits per heavy atom. The molecule has 0 amide bonds. The van der Waals surface area contributed by atoms with Gasteiger partial charge < -0.3 is 10.8 Å². The molecule has 0 fully saturated rings. The van der Waals surface area contributed by atoms with Crippen LogP contribution < -0.4 is 5.73 Å². The highest BCUT2D eigenvalue weighted by atomic mass is 79.9. The predicted molar refractivity (Wildman–Crippen MR) is 57.9 cm³/mol. The highest BCUT2D eigenvalue weighted by Crippen LogP contribution is 2.32. The molecular formula is C10H11BrF3NO. The molecule has 0 saturated carbocycles. The fourth-order valence-corrected chi connectivity index (χ4v) is 2.03. The van der Waals surface area contributed by atoms with E-state index in [0.29, 0.717) is 4.47 Å². The van der Waals surface area contributed by atoms with Gasteiger partial charge in [-0.15, -0.1) is 0 Å². The predicted octanol–water partition coefficient (Wildman–Crippen LogP) is 2.68. The largest absolute Gasteiger partial charge is 0.416 e. The minimum absolute atomic E-state index is 0.232. The molecule has 16 heavy (non-hydrogen) atoms. The zero-order valence-corrected chi connectivity index (χ0v) is 10.0. The van der Waals surface area contributed by atoms with Gasteiger partial charge in [-0.05, 0) is 24.1 Å². The van der Waals surface area contributed by atoms with Crippen molar-refractivity contribution in [3.63, 3.8) is 0 Å². The van der Waals surface area contributed by atoms with Gasteiger partial charge in [-0.2, -0.15) is 13.2 Å². The van der Waals surface area contributed by atoms with Crippen LogP contribution >= 0.6 is 15.9 Å². The van der Waals surface area contributed by atoms with E-state index < -0.39 is 18.3 Å². The van der Waals surface area contributed by atoms with Crippen LogP contribution in [0.4, 0.5) is 13.2 Å². The van der Waals surface area contributed by atoms with E-state index in [9.17, 15) is 13.2 Å². The summed E-state index contributed by atoms with van der Waals surface area (Å²) in [5, 5.41) is 9.03. The number of rotatable bonds is 2. The Labute approximate surface area is 99.4 Å². The summed E-state index contributed by atoms with van der Waals surface area (Å²) in [7, 11) is 0. The Hall–Kier alpha value is -0.590. The molecule has 0 heterocycles. The fraction of sp³-hybridized carbons (Fsp3) is 0.400. The summed E-state index contributed by atoms with van der Waals surface area (Å²) in [5.41, 5.74) is 6.50. The molecule has 0 aliphatic carbocycles. The summed E-state index contributed by atoms with van der Waals surface area (Å²) in [6.07, 6.45) is -7.28. The summed E-state index contributed by atoms with van der Waals surface area (Å²) in [6, 6.07) is 3.27. The Balaban J connectivity index is 3.01. The topological polar surface area (TPSA) is 46.2 Å².